The van der Waals surface area contributed by atoms with Crippen molar-refractivity contribution < 1.29 is 19.1 Å². The summed E-state index contributed by atoms with van der Waals surface area (Å²) in [5, 5.41) is 10.3. The minimum absolute atomic E-state index is 0.256. The number of piperazine rings is 1. The number of carbonyl (C=O) groups excluding carboxylic acids is 1. The SMILES string of the molecule is CCOC(=O)C(C)(O)CN1CCN(c2nc3cc(C)ccc3o2)CC1. The van der Waals surface area contributed by atoms with E-state index in [1.807, 2.05) is 25.1 Å². The average molecular weight is 347 g/mol. The molecule has 0 aliphatic carbocycles. The molecule has 3 rings (SSSR count). The number of fused-ring (bicyclic) bond motifs is 1. The largest absolute Gasteiger partial charge is 0.464 e. The van der Waals surface area contributed by atoms with Crippen molar-refractivity contribution in [3.8, 4) is 0 Å². The highest BCUT2D eigenvalue weighted by Gasteiger charge is 2.35. The second kappa shape index (κ2) is 7.01. The van der Waals surface area contributed by atoms with Gasteiger partial charge in [0.05, 0.1) is 6.61 Å². The Balaban J connectivity index is 1.60. The van der Waals surface area contributed by atoms with Gasteiger partial charge in [0.2, 0.25) is 0 Å². The highest BCUT2D eigenvalue weighted by Crippen LogP contribution is 2.24. The van der Waals surface area contributed by atoms with Crippen molar-refractivity contribution >= 4 is 23.1 Å². The summed E-state index contributed by atoms with van der Waals surface area (Å²) in [4.78, 5) is 20.5. The third-order valence-electron chi connectivity index (χ3n) is 4.42. The summed E-state index contributed by atoms with van der Waals surface area (Å²) in [6.07, 6.45) is 0. The number of aromatic nitrogens is 1. The van der Waals surface area contributed by atoms with Gasteiger partial charge in [-0.15, -0.1) is 0 Å². The first-order valence-corrected chi connectivity index (χ1v) is 8.63. The van der Waals surface area contributed by atoms with E-state index in [4.69, 9.17) is 9.15 Å². The molecular formula is C18H25N3O4. The number of hydrogen-bond donors (Lipinski definition) is 1. The Kier molecular flexibility index (Phi) is 4.96. The van der Waals surface area contributed by atoms with E-state index in [1.54, 1.807) is 6.92 Å². The average Bonchev–Trinajstić information content (AvgIpc) is 2.98. The predicted molar refractivity (Wildman–Crippen MR) is 94.7 cm³/mol. The normalized spacial score (nSPS) is 18.3. The lowest BCUT2D eigenvalue weighted by molar-refractivity contribution is -0.165. The van der Waals surface area contributed by atoms with Gasteiger partial charge in [0.1, 0.15) is 5.52 Å². The molecule has 7 heteroatoms. The van der Waals surface area contributed by atoms with Gasteiger partial charge in [-0.25, -0.2) is 4.79 Å². The van der Waals surface area contributed by atoms with Crippen LogP contribution in [-0.2, 0) is 9.53 Å². The molecule has 0 saturated carbocycles. The first kappa shape index (κ1) is 17.7. The number of nitrogens with zero attached hydrogens (tertiary/aromatic N) is 3. The first-order chi connectivity index (χ1) is 11.9. The number of esters is 1. The summed E-state index contributed by atoms with van der Waals surface area (Å²) in [7, 11) is 0. The molecule has 0 amide bonds. The minimum atomic E-state index is -1.49. The molecule has 0 spiro atoms. The number of carbonyl (C=O) groups is 1. The van der Waals surface area contributed by atoms with E-state index in [0.29, 0.717) is 19.1 Å². The van der Waals surface area contributed by atoms with Gasteiger partial charge in [0.25, 0.3) is 6.01 Å². The van der Waals surface area contributed by atoms with Gasteiger partial charge >= 0.3 is 5.97 Å². The molecule has 1 aromatic heterocycles. The van der Waals surface area contributed by atoms with Crippen LogP contribution in [0.1, 0.15) is 19.4 Å². The van der Waals surface area contributed by atoms with Gasteiger partial charge in [0, 0.05) is 32.7 Å². The first-order valence-electron chi connectivity index (χ1n) is 8.63. The molecular weight excluding hydrogens is 322 g/mol. The van der Waals surface area contributed by atoms with Crippen LogP contribution in [0.3, 0.4) is 0 Å². The van der Waals surface area contributed by atoms with Crippen LogP contribution in [0.15, 0.2) is 22.6 Å². The molecule has 25 heavy (non-hydrogen) atoms. The molecule has 1 atom stereocenters. The number of anilines is 1. The second-order valence-electron chi connectivity index (χ2n) is 6.73. The van der Waals surface area contributed by atoms with Crippen LogP contribution in [0.2, 0.25) is 0 Å². The topological polar surface area (TPSA) is 79.0 Å². The molecule has 0 radical (unpaired) electrons. The summed E-state index contributed by atoms with van der Waals surface area (Å²) >= 11 is 0. The molecule has 136 valence electrons. The van der Waals surface area contributed by atoms with Crippen LogP contribution in [0.4, 0.5) is 6.01 Å². The molecule has 1 aromatic carbocycles. The van der Waals surface area contributed by atoms with Crippen molar-refractivity contribution in [1.29, 1.82) is 0 Å². The molecule has 1 fully saturated rings. The van der Waals surface area contributed by atoms with E-state index in [0.717, 1.165) is 29.8 Å². The Morgan fingerprint density at radius 3 is 2.76 bits per heavy atom. The van der Waals surface area contributed by atoms with E-state index >= 15 is 0 Å². The molecule has 2 aromatic rings. The maximum Gasteiger partial charge on any atom is 0.339 e. The van der Waals surface area contributed by atoms with Crippen molar-refractivity contribution in [2.45, 2.75) is 26.4 Å². The fourth-order valence-electron chi connectivity index (χ4n) is 3.04. The molecule has 7 nitrogen and oxygen atoms in total. The zero-order valence-electron chi connectivity index (χ0n) is 15.0. The Labute approximate surface area is 147 Å². The summed E-state index contributed by atoms with van der Waals surface area (Å²) in [5.41, 5.74) is 1.31. The highest BCUT2D eigenvalue weighted by atomic mass is 16.5. The number of aryl methyl sites for hydroxylation is 1. The Bertz CT molecular complexity index is 748. The van der Waals surface area contributed by atoms with Gasteiger partial charge in [-0.1, -0.05) is 6.07 Å². The molecule has 1 N–H and O–H groups in total. The van der Waals surface area contributed by atoms with Crippen molar-refractivity contribution in [3.05, 3.63) is 23.8 Å². The molecule has 2 heterocycles. The smallest absolute Gasteiger partial charge is 0.339 e. The summed E-state index contributed by atoms with van der Waals surface area (Å²) in [6, 6.07) is 6.58. The lowest BCUT2D eigenvalue weighted by atomic mass is 10.1. The van der Waals surface area contributed by atoms with E-state index < -0.39 is 11.6 Å². The fraction of sp³-hybridized carbons (Fsp3) is 0.556. The van der Waals surface area contributed by atoms with Crippen molar-refractivity contribution in [2.24, 2.45) is 0 Å². The monoisotopic (exact) mass is 347 g/mol. The summed E-state index contributed by atoms with van der Waals surface area (Å²) in [6.45, 7) is 8.67. The van der Waals surface area contributed by atoms with E-state index in [9.17, 15) is 9.90 Å². The number of rotatable bonds is 5. The van der Waals surface area contributed by atoms with Crippen molar-refractivity contribution in [2.75, 3.05) is 44.2 Å². The van der Waals surface area contributed by atoms with Crippen LogP contribution in [0, 0.1) is 6.92 Å². The van der Waals surface area contributed by atoms with E-state index in [2.05, 4.69) is 14.8 Å². The van der Waals surface area contributed by atoms with Crippen LogP contribution in [0.25, 0.3) is 11.1 Å². The maximum absolute atomic E-state index is 11.8. The van der Waals surface area contributed by atoms with Gasteiger partial charge in [-0.2, -0.15) is 4.98 Å². The van der Waals surface area contributed by atoms with Gasteiger partial charge in [-0.3, -0.25) is 4.90 Å². The van der Waals surface area contributed by atoms with Crippen LogP contribution >= 0.6 is 0 Å². The zero-order valence-corrected chi connectivity index (χ0v) is 15.0. The maximum atomic E-state index is 11.8. The van der Waals surface area contributed by atoms with Crippen LogP contribution in [0.5, 0.6) is 0 Å². The second-order valence-corrected chi connectivity index (χ2v) is 6.73. The van der Waals surface area contributed by atoms with Crippen LogP contribution in [-0.4, -0.2) is 65.9 Å². The van der Waals surface area contributed by atoms with E-state index in [-0.39, 0.29) is 13.2 Å². The lowest BCUT2D eigenvalue weighted by Crippen LogP contribution is -2.54. The summed E-state index contributed by atoms with van der Waals surface area (Å²) in [5.74, 6) is -0.577. The minimum Gasteiger partial charge on any atom is -0.464 e. The number of ether oxygens (including phenoxy) is 1. The van der Waals surface area contributed by atoms with Crippen LogP contribution < -0.4 is 4.90 Å². The number of hydrogen-bond acceptors (Lipinski definition) is 7. The molecule has 1 aliphatic heterocycles. The van der Waals surface area contributed by atoms with Crippen molar-refractivity contribution in [1.82, 2.24) is 9.88 Å². The third-order valence-corrected chi connectivity index (χ3v) is 4.42. The number of oxazole rings is 1. The fourth-order valence-corrected chi connectivity index (χ4v) is 3.04. The molecule has 1 unspecified atom stereocenters. The zero-order chi connectivity index (χ0) is 18.0. The highest BCUT2D eigenvalue weighted by molar-refractivity contribution is 5.79. The Morgan fingerprint density at radius 2 is 2.08 bits per heavy atom. The standard InChI is InChI=1S/C18H25N3O4/c1-4-24-16(22)18(3,23)12-20-7-9-21(10-8-20)17-19-14-11-13(2)5-6-15(14)25-17/h5-6,11,23H,4,7-10,12H2,1-3H3. The molecule has 1 aliphatic rings. The summed E-state index contributed by atoms with van der Waals surface area (Å²) < 4.78 is 10.8. The quantitative estimate of drug-likeness (QED) is 0.823. The Hall–Kier alpha value is -2.12. The molecule has 0 bridgehead atoms. The van der Waals surface area contributed by atoms with E-state index in [1.165, 1.54) is 6.92 Å². The number of aliphatic hydroxyl groups is 1. The molecule has 1 saturated heterocycles. The number of benzene rings is 1. The van der Waals surface area contributed by atoms with Gasteiger partial charge in [0.15, 0.2) is 11.2 Å². The number of β-amino-alcohol motifs (C(OH)–C–C–N with tert-alkyl or cyclic N) is 1. The predicted octanol–water partition coefficient (Wildman–Crippen LogP) is 1.57. The third kappa shape index (κ3) is 3.93. The Morgan fingerprint density at radius 1 is 1.36 bits per heavy atom. The van der Waals surface area contributed by atoms with Gasteiger partial charge < -0.3 is 19.2 Å². The van der Waals surface area contributed by atoms with Gasteiger partial charge in [-0.05, 0) is 38.5 Å². The van der Waals surface area contributed by atoms with Crippen molar-refractivity contribution in [3.63, 3.8) is 0 Å². The lowest BCUT2D eigenvalue weighted by Gasteiger charge is -2.36.